The topological polar surface area (TPSA) is 37.8 Å². The Morgan fingerprint density at radius 3 is 2.67 bits per heavy atom. The SMILES string of the molecule is CCNCc1ccnc(CCc2ccccc2)n1. The Balaban J connectivity index is 1.93. The van der Waals surface area contributed by atoms with E-state index in [1.165, 1.54) is 5.56 Å². The number of nitrogens with zero attached hydrogens (tertiary/aromatic N) is 2. The van der Waals surface area contributed by atoms with Crippen LogP contribution in [0.1, 0.15) is 24.0 Å². The molecule has 0 atom stereocenters. The second kappa shape index (κ2) is 6.87. The summed E-state index contributed by atoms with van der Waals surface area (Å²) in [5, 5.41) is 3.28. The number of hydrogen-bond donors (Lipinski definition) is 1. The van der Waals surface area contributed by atoms with Crippen LogP contribution in [0.15, 0.2) is 42.6 Å². The maximum absolute atomic E-state index is 4.55. The van der Waals surface area contributed by atoms with Gasteiger partial charge in [0.05, 0.1) is 5.69 Å². The van der Waals surface area contributed by atoms with Gasteiger partial charge in [-0.25, -0.2) is 9.97 Å². The van der Waals surface area contributed by atoms with E-state index >= 15 is 0 Å². The number of benzene rings is 1. The van der Waals surface area contributed by atoms with E-state index in [0.717, 1.165) is 37.4 Å². The summed E-state index contributed by atoms with van der Waals surface area (Å²) in [6, 6.07) is 12.4. The van der Waals surface area contributed by atoms with Crippen molar-refractivity contribution in [3.8, 4) is 0 Å². The summed E-state index contributed by atoms with van der Waals surface area (Å²) in [6.07, 6.45) is 3.73. The molecule has 0 aliphatic heterocycles. The van der Waals surface area contributed by atoms with Crippen molar-refractivity contribution in [2.75, 3.05) is 6.54 Å². The predicted octanol–water partition coefficient (Wildman–Crippen LogP) is 2.37. The molecular formula is C15H19N3. The Bertz CT molecular complexity index is 468. The third-order valence-corrected chi connectivity index (χ3v) is 2.80. The van der Waals surface area contributed by atoms with Gasteiger partial charge in [0.25, 0.3) is 0 Å². The molecule has 0 aliphatic rings. The van der Waals surface area contributed by atoms with Crippen molar-refractivity contribution in [3.05, 3.63) is 59.7 Å². The van der Waals surface area contributed by atoms with Crippen LogP contribution in [0.4, 0.5) is 0 Å². The second-order valence-electron chi connectivity index (χ2n) is 4.23. The Hall–Kier alpha value is -1.74. The normalized spacial score (nSPS) is 10.5. The van der Waals surface area contributed by atoms with Gasteiger partial charge in [0.2, 0.25) is 0 Å². The highest BCUT2D eigenvalue weighted by atomic mass is 14.9. The fourth-order valence-corrected chi connectivity index (χ4v) is 1.81. The van der Waals surface area contributed by atoms with E-state index in [2.05, 4.69) is 46.5 Å². The van der Waals surface area contributed by atoms with Crippen molar-refractivity contribution in [2.24, 2.45) is 0 Å². The summed E-state index contributed by atoms with van der Waals surface area (Å²) in [5.74, 6) is 0.925. The van der Waals surface area contributed by atoms with Gasteiger partial charge in [0.15, 0.2) is 0 Å². The Morgan fingerprint density at radius 1 is 1.06 bits per heavy atom. The summed E-state index contributed by atoms with van der Waals surface area (Å²) in [6.45, 7) is 3.87. The molecule has 0 radical (unpaired) electrons. The van der Waals surface area contributed by atoms with Crippen molar-refractivity contribution >= 4 is 0 Å². The van der Waals surface area contributed by atoms with Crippen LogP contribution in [0.5, 0.6) is 0 Å². The first-order chi connectivity index (χ1) is 8.88. The number of aryl methyl sites for hydroxylation is 2. The smallest absolute Gasteiger partial charge is 0.128 e. The molecule has 1 aromatic heterocycles. The fourth-order valence-electron chi connectivity index (χ4n) is 1.81. The van der Waals surface area contributed by atoms with Crippen LogP contribution >= 0.6 is 0 Å². The molecule has 2 aromatic rings. The first-order valence-corrected chi connectivity index (χ1v) is 6.44. The first kappa shape index (κ1) is 12.7. The molecule has 0 unspecified atom stereocenters. The molecular weight excluding hydrogens is 222 g/mol. The number of hydrogen-bond acceptors (Lipinski definition) is 3. The molecule has 0 fully saturated rings. The molecule has 1 heterocycles. The maximum Gasteiger partial charge on any atom is 0.128 e. The molecule has 0 saturated carbocycles. The van der Waals surface area contributed by atoms with Crippen LogP contribution in [0.3, 0.4) is 0 Å². The minimum Gasteiger partial charge on any atom is -0.311 e. The average molecular weight is 241 g/mol. The molecule has 94 valence electrons. The van der Waals surface area contributed by atoms with Gasteiger partial charge in [-0.2, -0.15) is 0 Å². The summed E-state index contributed by atoms with van der Waals surface area (Å²) >= 11 is 0. The molecule has 0 aliphatic carbocycles. The van der Waals surface area contributed by atoms with Crippen LogP contribution in [-0.2, 0) is 19.4 Å². The highest BCUT2D eigenvalue weighted by molar-refractivity contribution is 5.15. The largest absolute Gasteiger partial charge is 0.311 e. The number of aromatic nitrogens is 2. The lowest BCUT2D eigenvalue weighted by atomic mass is 10.1. The van der Waals surface area contributed by atoms with E-state index < -0.39 is 0 Å². The van der Waals surface area contributed by atoms with Crippen molar-refractivity contribution < 1.29 is 0 Å². The van der Waals surface area contributed by atoms with Gasteiger partial charge in [-0.1, -0.05) is 37.3 Å². The van der Waals surface area contributed by atoms with E-state index in [0.29, 0.717) is 0 Å². The van der Waals surface area contributed by atoms with Gasteiger partial charge in [0, 0.05) is 19.2 Å². The second-order valence-corrected chi connectivity index (χ2v) is 4.23. The maximum atomic E-state index is 4.55. The van der Waals surface area contributed by atoms with Crippen molar-refractivity contribution in [3.63, 3.8) is 0 Å². The number of rotatable bonds is 6. The Labute approximate surface area is 108 Å². The summed E-state index contributed by atoms with van der Waals surface area (Å²) in [7, 11) is 0. The van der Waals surface area contributed by atoms with Crippen molar-refractivity contribution in [2.45, 2.75) is 26.3 Å². The predicted molar refractivity (Wildman–Crippen MR) is 73.3 cm³/mol. The molecule has 0 spiro atoms. The zero-order valence-electron chi connectivity index (χ0n) is 10.8. The fraction of sp³-hybridized carbons (Fsp3) is 0.333. The van der Waals surface area contributed by atoms with E-state index in [1.807, 2.05) is 18.3 Å². The third-order valence-electron chi connectivity index (χ3n) is 2.80. The van der Waals surface area contributed by atoms with E-state index in [-0.39, 0.29) is 0 Å². The molecule has 2 rings (SSSR count). The van der Waals surface area contributed by atoms with Gasteiger partial charge in [-0.15, -0.1) is 0 Å². The highest BCUT2D eigenvalue weighted by Crippen LogP contribution is 2.04. The number of nitrogens with one attached hydrogen (secondary N) is 1. The summed E-state index contributed by atoms with van der Waals surface area (Å²) in [4.78, 5) is 8.88. The Morgan fingerprint density at radius 2 is 1.89 bits per heavy atom. The average Bonchev–Trinajstić information content (AvgIpc) is 2.44. The standard InChI is InChI=1S/C15H19N3/c1-2-16-12-14-10-11-17-15(18-14)9-8-13-6-4-3-5-7-13/h3-7,10-11,16H,2,8-9,12H2,1H3. The quantitative estimate of drug-likeness (QED) is 0.843. The lowest BCUT2D eigenvalue weighted by Crippen LogP contribution is -2.14. The highest BCUT2D eigenvalue weighted by Gasteiger charge is 2.00. The van der Waals surface area contributed by atoms with Crippen LogP contribution in [-0.4, -0.2) is 16.5 Å². The first-order valence-electron chi connectivity index (χ1n) is 6.44. The lowest BCUT2D eigenvalue weighted by molar-refractivity contribution is 0.698. The van der Waals surface area contributed by atoms with Gasteiger partial charge >= 0.3 is 0 Å². The van der Waals surface area contributed by atoms with Crippen molar-refractivity contribution in [1.29, 1.82) is 0 Å². The van der Waals surface area contributed by atoms with Gasteiger partial charge in [0.1, 0.15) is 5.82 Å². The molecule has 3 nitrogen and oxygen atoms in total. The zero-order chi connectivity index (χ0) is 12.6. The van der Waals surface area contributed by atoms with Gasteiger partial charge < -0.3 is 5.32 Å². The molecule has 1 N–H and O–H groups in total. The minimum absolute atomic E-state index is 0.817. The zero-order valence-corrected chi connectivity index (χ0v) is 10.8. The third kappa shape index (κ3) is 3.93. The molecule has 0 saturated heterocycles. The molecule has 18 heavy (non-hydrogen) atoms. The minimum atomic E-state index is 0.817. The monoisotopic (exact) mass is 241 g/mol. The van der Waals surface area contributed by atoms with E-state index in [9.17, 15) is 0 Å². The van der Waals surface area contributed by atoms with Gasteiger partial charge in [-0.3, -0.25) is 0 Å². The van der Waals surface area contributed by atoms with Crippen LogP contribution < -0.4 is 5.32 Å². The van der Waals surface area contributed by atoms with Crippen LogP contribution in [0, 0.1) is 0 Å². The van der Waals surface area contributed by atoms with E-state index in [1.54, 1.807) is 0 Å². The Kier molecular flexibility index (Phi) is 4.85. The van der Waals surface area contributed by atoms with Crippen LogP contribution in [0.25, 0.3) is 0 Å². The summed E-state index contributed by atoms with van der Waals surface area (Å²) < 4.78 is 0. The molecule has 1 aromatic carbocycles. The molecule has 0 bridgehead atoms. The summed E-state index contributed by atoms with van der Waals surface area (Å²) in [5.41, 5.74) is 2.40. The molecule has 0 amide bonds. The van der Waals surface area contributed by atoms with Crippen molar-refractivity contribution in [1.82, 2.24) is 15.3 Å². The lowest BCUT2D eigenvalue weighted by Gasteiger charge is -2.04. The molecule has 3 heteroatoms. The van der Waals surface area contributed by atoms with Gasteiger partial charge in [-0.05, 0) is 24.6 Å². The van der Waals surface area contributed by atoms with E-state index in [4.69, 9.17) is 0 Å². The van der Waals surface area contributed by atoms with Crippen LogP contribution in [0.2, 0.25) is 0 Å².